The number of nitrogens with zero attached hydrogens (tertiary/aromatic N) is 1. The molecule has 2 atom stereocenters. The second kappa shape index (κ2) is 7.60. The van der Waals surface area contributed by atoms with E-state index in [1.165, 1.54) is 0 Å². The van der Waals surface area contributed by atoms with Gasteiger partial charge in [0.15, 0.2) is 0 Å². The van der Waals surface area contributed by atoms with Crippen LogP contribution in [0, 0.1) is 0 Å². The monoisotopic (exact) mass is 326 g/mol. The zero-order valence-corrected chi connectivity index (χ0v) is 14.6. The number of nitrogens with two attached hydrogens (primary N) is 1. The largest absolute Gasteiger partial charge is 0.379 e. The average Bonchev–Trinajstić information content (AvgIpc) is 2.55. The maximum atomic E-state index is 12.0. The Morgan fingerprint density at radius 3 is 2.21 bits per heavy atom. The molecule has 2 aromatic rings. The number of hydrogen-bond donors (Lipinski definition) is 2. The highest BCUT2D eigenvalue weighted by atomic mass is 16.3. The van der Waals surface area contributed by atoms with Gasteiger partial charge in [-0.1, -0.05) is 49.4 Å². The lowest BCUT2D eigenvalue weighted by Gasteiger charge is -2.32. The summed E-state index contributed by atoms with van der Waals surface area (Å²) in [7, 11) is 3.48. The lowest BCUT2D eigenvalue weighted by molar-refractivity contribution is 0.0827. The van der Waals surface area contributed by atoms with Crippen LogP contribution in [0.4, 0.5) is 0 Å². The molecule has 4 heteroatoms. The number of rotatable bonds is 6. The summed E-state index contributed by atoms with van der Waals surface area (Å²) in [5.74, 6) is -0.00949. The van der Waals surface area contributed by atoms with Gasteiger partial charge in [-0.3, -0.25) is 4.79 Å². The molecule has 2 rings (SSSR count). The second-order valence-electron chi connectivity index (χ2n) is 6.77. The molecular weight excluding hydrogens is 300 g/mol. The predicted molar refractivity (Wildman–Crippen MR) is 96.8 cm³/mol. The lowest BCUT2D eigenvalue weighted by Crippen LogP contribution is -2.34. The zero-order valence-electron chi connectivity index (χ0n) is 14.6. The summed E-state index contributed by atoms with van der Waals surface area (Å²) in [4.78, 5) is 13.5. The summed E-state index contributed by atoms with van der Waals surface area (Å²) >= 11 is 0. The summed E-state index contributed by atoms with van der Waals surface area (Å²) in [5, 5.41) is 9.73. The van der Waals surface area contributed by atoms with Gasteiger partial charge in [0.05, 0.1) is 0 Å². The van der Waals surface area contributed by atoms with Crippen molar-refractivity contribution in [1.29, 1.82) is 0 Å². The third-order valence-electron chi connectivity index (χ3n) is 4.33. The van der Waals surface area contributed by atoms with Crippen LogP contribution in [-0.4, -0.2) is 36.2 Å². The van der Waals surface area contributed by atoms with Gasteiger partial charge in [0.2, 0.25) is 0 Å². The van der Waals surface area contributed by atoms with Gasteiger partial charge >= 0.3 is 0 Å². The van der Waals surface area contributed by atoms with Crippen LogP contribution in [0.1, 0.15) is 34.8 Å². The number of carbonyl (C=O) groups is 1. The molecule has 1 amide bonds. The van der Waals surface area contributed by atoms with Crippen molar-refractivity contribution in [1.82, 2.24) is 4.90 Å². The Kier molecular flexibility index (Phi) is 5.75. The Hall–Kier alpha value is -2.17. The highest BCUT2D eigenvalue weighted by Gasteiger charge is 2.29. The van der Waals surface area contributed by atoms with E-state index in [1.807, 2.05) is 42.5 Å². The van der Waals surface area contributed by atoms with Crippen LogP contribution in [-0.2, 0) is 11.8 Å². The van der Waals surface area contributed by atoms with Crippen molar-refractivity contribution in [3.8, 4) is 0 Å². The number of carbonyl (C=O) groups excluding carboxylic acids is 1. The molecule has 128 valence electrons. The fourth-order valence-corrected chi connectivity index (χ4v) is 3.07. The minimum Gasteiger partial charge on any atom is -0.379 e. The first-order chi connectivity index (χ1) is 11.3. The van der Waals surface area contributed by atoms with E-state index in [1.54, 1.807) is 19.0 Å². The highest BCUT2D eigenvalue weighted by Crippen LogP contribution is 2.32. The summed E-state index contributed by atoms with van der Waals surface area (Å²) < 4.78 is 0. The van der Waals surface area contributed by atoms with E-state index < -0.39 is 6.23 Å². The van der Waals surface area contributed by atoms with Crippen LogP contribution in [0.25, 0.3) is 0 Å². The lowest BCUT2D eigenvalue weighted by atomic mass is 9.74. The molecule has 3 N–H and O–H groups in total. The first kappa shape index (κ1) is 18.2. The Morgan fingerprint density at radius 1 is 1.12 bits per heavy atom. The number of aliphatic hydroxyl groups excluding tert-OH is 1. The molecule has 0 aromatic heterocycles. The van der Waals surface area contributed by atoms with E-state index in [4.69, 9.17) is 5.73 Å². The van der Waals surface area contributed by atoms with E-state index in [0.717, 1.165) is 17.5 Å². The first-order valence-electron chi connectivity index (χ1n) is 8.11. The van der Waals surface area contributed by atoms with E-state index in [-0.39, 0.29) is 11.3 Å². The maximum Gasteiger partial charge on any atom is 0.253 e. The smallest absolute Gasteiger partial charge is 0.253 e. The molecule has 0 aliphatic rings. The van der Waals surface area contributed by atoms with Crippen LogP contribution < -0.4 is 5.73 Å². The van der Waals surface area contributed by atoms with Crippen LogP contribution >= 0.6 is 0 Å². The fraction of sp³-hybridized carbons (Fsp3) is 0.350. The van der Waals surface area contributed by atoms with Crippen molar-refractivity contribution in [2.45, 2.75) is 31.4 Å². The number of aliphatic hydroxyl groups is 1. The second-order valence-corrected chi connectivity index (χ2v) is 6.77. The van der Waals surface area contributed by atoms with Gasteiger partial charge in [0.25, 0.3) is 5.91 Å². The standard InChI is InChI=1S/C20H26N2O2/c1-20(14-18(21)23,17-7-5-4-6-8-17)13-15-9-11-16(12-10-15)19(24)22(2)3/h4-12,18,23H,13-14,21H2,1-3H3/t18-,20?/m1/s1. The molecule has 0 spiro atoms. The van der Waals surface area contributed by atoms with Gasteiger partial charge in [-0.05, 0) is 36.1 Å². The van der Waals surface area contributed by atoms with Crippen LogP contribution in [0.5, 0.6) is 0 Å². The molecule has 0 aliphatic heterocycles. The quantitative estimate of drug-likeness (QED) is 0.802. The Bertz CT molecular complexity index is 666. The summed E-state index contributed by atoms with van der Waals surface area (Å²) in [6.45, 7) is 2.11. The molecule has 4 nitrogen and oxygen atoms in total. The average molecular weight is 326 g/mol. The molecular formula is C20H26N2O2. The van der Waals surface area contributed by atoms with E-state index >= 15 is 0 Å². The van der Waals surface area contributed by atoms with Crippen molar-refractivity contribution in [3.05, 3.63) is 71.3 Å². The van der Waals surface area contributed by atoms with E-state index in [9.17, 15) is 9.90 Å². The maximum absolute atomic E-state index is 12.0. The van der Waals surface area contributed by atoms with Crippen LogP contribution in [0.2, 0.25) is 0 Å². The molecule has 24 heavy (non-hydrogen) atoms. The number of hydrogen-bond acceptors (Lipinski definition) is 3. The van der Waals surface area contributed by atoms with Crippen molar-refractivity contribution < 1.29 is 9.90 Å². The molecule has 1 unspecified atom stereocenters. The third-order valence-corrected chi connectivity index (χ3v) is 4.33. The van der Waals surface area contributed by atoms with E-state index in [2.05, 4.69) is 19.1 Å². The van der Waals surface area contributed by atoms with Crippen LogP contribution in [0.3, 0.4) is 0 Å². The zero-order chi connectivity index (χ0) is 17.7. The minimum atomic E-state index is -0.871. The predicted octanol–water partition coefficient (Wildman–Crippen LogP) is 2.56. The molecule has 2 aromatic carbocycles. The Morgan fingerprint density at radius 2 is 1.71 bits per heavy atom. The number of benzene rings is 2. The van der Waals surface area contributed by atoms with Gasteiger partial charge < -0.3 is 15.7 Å². The summed E-state index contributed by atoms with van der Waals surface area (Å²) in [5.41, 5.74) is 8.32. The Balaban J connectivity index is 2.25. The molecule has 0 heterocycles. The minimum absolute atomic E-state index is 0.00949. The third kappa shape index (κ3) is 4.43. The highest BCUT2D eigenvalue weighted by molar-refractivity contribution is 5.93. The summed E-state index contributed by atoms with van der Waals surface area (Å²) in [6, 6.07) is 17.7. The van der Waals surface area contributed by atoms with E-state index in [0.29, 0.717) is 12.0 Å². The number of amides is 1. The van der Waals surface area contributed by atoms with Gasteiger partial charge in [-0.2, -0.15) is 0 Å². The normalized spacial score (nSPS) is 14.7. The van der Waals surface area contributed by atoms with Crippen molar-refractivity contribution >= 4 is 5.91 Å². The Labute approximate surface area is 143 Å². The van der Waals surface area contributed by atoms with Crippen LogP contribution in [0.15, 0.2) is 54.6 Å². The molecule has 0 bridgehead atoms. The topological polar surface area (TPSA) is 66.6 Å². The van der Waals surface area contributed by atoms with Crippen molar-refractivity contribution in [2.75, 3.05) is 14.1 Å². The van der Waals surface area contributed by atoms with Gasteiger partial charge in [-0.15, -0.1) is 0 Å². The summed E-state index contributed by atoms with van der Waals surface area (Å²) in [6.07, 6.45) is 0.335. The van der Waals surface area contributed by atoms with Gasteiger partial charge in [0.1, 0.15) is 6.23 Å². The van der Waals surface area contributed by atoms with Crippen molar-refractivity contribution in [2.24, 2.45) is 5.73 Å². The molecule has 0 radical (unpaired) electrons. The molecule has 0 saturated carbocycles. The fourth-order valence-electron chi connectivity index (χ4n) is 3.07. The van der Waals surface area contributed by atoms with Gasteiger partial charge in [0, 0.05) is 25.1 Å². The van der Waals surface area contributed by atoms with Gasteiger partial charge in [-0.25, -0.2) is 0 Å². The SMILES string of the molecule is CN(C)C(=O)c1ccc(CC(C)(C[C@H](N)O)c2ccccc2)cc1. The first-order valence-corrected chi connectivity index (χ1v) is 8.11. The molecule has 0 aliphatic carbocycles. The van der Waals surface area contributed by atoms with Crippen molar-refractivity contribution in [3.63, 3.8) is 0 Å². The molecule has 0 saturated heterocycles. The molecule has 0 fully saturated rings.